The average molecular weight is 531 g/mol. The van der Waals surface area contributed by atoms with E-state index in [0.29, 0.717) is 38.0 Å². The molecule has 3 aliphatic carbocycles. The smallest absolute Gasteiger partial charge is 0.259 e. The van der Waals surface area contributed by atoms with Crippen LogP contribution in [0, 0.1) is 17.8 Å². The van der Waals surface area contributed by atoms with Crippen LogP contribution in [0.2, 0.25) is 0 Å². The van der Waals surface area contributed by atoms with Crippen LogP contribution in [-0.4, -0.2) is 107 Å². The summed E-state index contributed by atoms with van der Waals surface area (Å²) in [5.41, 5.74) is 19.1. The Balaban J connectivity index is 1.29. The first kappa shape index (κ1) is 25.4. The minimum Gasteiger partial charge on any atom is -0.369 e. The van der Waals surface area contributed by atoms with Crippen molar-refractivity contribution < 1.29 is 18.7 Å². The Bertz CT molecular complexity index is 1010. The van der Waals surface area contributed by atoms with Crippen LogP contribution in [0.5, 0.6) is 0 Å². The highest BCUT2D eigenvalue weighted by Crippen LogP contribution is 2.50. The van der Waals surface area contributed by atoms with E-state index in [2.05, 4.69) is 9.80 Å². The van der Waals surface area contributed by atoms with Crippen molar-refractivity contribution >= 4 is 11.7 Å². The van der Waals surface area contributed by atoms with Crippen molar-refractivity contribution in [1.82, 2.24) is 14.7 Å². The summed E-state index contributed by atoms with van der Waals surface area (Å²) < 4.78 is 23.2. The van der Waals surface area contributed by atoms with E-state index < -0.39 is 30.3 Å². The first-order chi connectivity index (χ1) is 18.3. The first-order valence-electron chi connectivity index (χ1n) is 14.9. The van der Waals surface area contributed by atoms with Crippen molar-refractivity contribution in [2.24, 2.45) is 35.0 Å². The van der Waals surface area contributed by atoms with Crippen LogP contribution < -0.4 is 17.2 Å². The number of ketones is 1. The normalized spacial score (nSPS) is 48.8. The molecule has 12 unspecified atom stereocenters. The number of rotatable bonds is 2. The number of morpholine rings is 1. The van der Waals surface area contributed by atoms with E-state index in [9.17, 15) is 9.59 Å². The first-order valence-corrected chi connectivity index (χ1v) is 14.9. The largest absolute Gasteiger partial charge is 0.369 e. The lowest BCUT2D eigenvalue weighted by molar-refractivity contribution is -0.222. The number of alkyl halides is 1. The fraction of sp³-hybridized carbons (Fsp3) is 0.857. The Morgan fingerprint density at radius 2 is 1.66 bits per heavy atom. The molecule has 210 valence electrons. The molecule has 7 aliphatic rings. The van der Waals surface area contributed by atoms with Gasteiger partial charge in [0.25, 0.3) is 5.91 Å². The molecule has 9 nitrogen and oxygen atoms in total. The predicted octanol–water partition coefficient (Wildman–Crippen LogP) is 0.116. The minimum absolute atomic E-state index is 0.00482. The van der Waals surface area contributed by atoms with Crippen LogP contribution in [0.4, 0.5) is 4.39 Å². The number of nitrogens with two attached hydrogens (primary N) is 3. The molecule has 12 atom stereocenters. The molecule has 0 aromatic heterocycles. The lowest BCUT2D eigenvalue weighted by Crippen LogP contribution is -2.77. The van der Waals surface area contributed by atoms with Gasteiger partial charge in [0.05, 0.1) is 41.8 Å². The molecule has 0 radical (unpaired) electrons. The predicted molar refractivity (Wildman–Crippen MR) is 139 cm³/mol. The molecule has 4 heterocycles. The third-order valence-corrected chi connectivity index (χ3v) is 11.1. The molecule has 3 saturated carbocycles. The molecule has 0 bridgehead atoms. The molecule has 1 amide bonds. The van der Waals surface area contributed by atoms with Gasteiger partial charge < -0.3 is 31.7 Å². The van der Waals surface area contributed by atoms with Gasteiger partial charge in [-0.3, -0.25) is 14.5 Å². The van der Waals surface area contributed by atoms with Gasteiger partial charge in [0.1, 0.15) is 6.17 Å². The summed E-state index contributed by atoms with van der Waals surface area (Å²) in [6.07, 6.45) is 8.30. The van der Waals surface area contributed by atoms with Crippen molar-refractivity contribution in [3.63, 3.8) is 0 Å². The Hall–Kier alpha value is -1.59. The van der Waals surface area contributed by atoms with Crippen molar-refractivity contribution in [2.45, 2.75) is 106 Å². The molecule has 4 aliphatic heterocycles. The van der Waals surface area contributed by atoms with Crippen LogP contribution in [0.15, 0.2) is 11.8 Å². The molecular formula is C28H43FN6O3. The summed E-state index contributed by atoms with van der Waals surface area (Å²) in [5, 5.41) is 0. The summed E-state index contributed by atoms with van der Waals surface area (Å²) in [7, 11) is 0. The van der Waals surface area contributed by atoms with Crippen LogP contribution in [0.3, 0.4) is 0 Å². The molecule has 10 heteroatoms. The highest BCUT2D eigenvalue weighted by atomic mass is 19.1. The number of nitrogens with zero attached hydrogens (tertiary/aromatic N) is 3. The molecular weight excluding hydrogens is 487 g/mol. The van der Waals surface area contributed by atoms with Crippen LogP contribution >= 0.6 is 0 Å². The number of fused-ring (bicyclic) bond motifs is 3. The van der Waals surface area contributed by atoms with Gasteiger partial charge in [-0.15, -0.1) is 0 Å². The summed E-state index contributed by atoms with van der Waals surface area (Å²) in [6.45, 7) is 2.29. The molecule has 0 spiro atoms. The molecule has 38 heavy (non-hydrogen) atoms. The number of hydrogen-bond donors (Lipinski definition) is 3. The number of Topliss-reactive ketones (excluding diaryl/α,β-unsaturated/α-hetero) is 1. The van der Waals surface area contributed by atoms with Gasteiger partial charge in [0, 0.05) is 50.5 Å². The number of halogens is 1. The SMILES string of the molecule is NC1CCN(C(=O)C2=CN3C4CC5CCCCC5CC4OC4C(N5CCC(N)C5)C(F)C(N)C(C2=O)C43)C1. The fourth-order valence-corrected chi connectivity index (χ4v) is 9.16. The van der Waals surface area contributed by atoms with Crippen molar-refractivity contribution in [2.75, 3.05) is 26.2 Å². The number of likely N-dealkylation sites (tertiary alicyclic amines) is 2. The molecule has 3 saturated heterocycles. The molecule has 6 fully saturated rings. The average Bonchev–Trinajstić information content (AvgIpc) is 3.54. The summed E-state index contributed by atoms with van der Waals surface area (Å²) >= 11 is 0. The van der Waals surface area contributed by atoms with Crippen LogP contribution in [0.25, 0.3) is 0 Å². The zero-order chi connectivity index (χ0) is 26.3. The second kappa shape index (κ2) is 9.51. The quantitative estimate of drug-likeness (QED) is 0.429. The maximum absolute atomic E-state index is 16.3. The molecule has 6 N–H and O–H groups in total. The number of amides is 1. The van der Waals surface area contributed by atoms with E-state index in [1.165, 1.54) is 25.7 Å². The Labute approximate surface area is 224 Å². The Morgan fingerprint density at radius 1 is 0.947 bits per heavy atom. The van der Waals surface area contributed by atoms with Gasteiger partial charge in [-0.05, 0) is 37.5 Å². The van der Waals surface area contributed by atoms with Gasteiger partial charge in [0.15, 0.2) is 5.78 Å². The molecule has 7 rings (SSSR count). The summed E-state index contributed by atoms with van der Waals surface area (Å²) in [4.78, 5) is 33.7. The fourth-order valence-electron chi connectivity index (χ4n) is 9.16. The highest BCUT2D eigenvalue weighted by molar-refractivity contribution is 6.21. The number of ether oxygens (including phenoxy) is 1. The standard InChI is InChI=1S/C28H43FN6O3/c29-22-23(32)21-24-27(25(22)33-7-5-16(30)11-33)38-20-10-15-4-2-1-3-14(15)9-19(20)35(24)13-18(26(21)36)28(37)34-8-6-17(31)12-34/h13-17,19-25,27H,1-12,30-32H2. The highest BCUT2D eigenvalue weighted by Gasteiger charge is 2.63. The van der Waals surface area contributed by atoms with Crippen molar-refractivity contribution in [3.8, 4) is 0 Å². The van der Waals surface area contributed by atoms with Gasteiger partial charge >= 0.3 is 0 Å². The zero-order valence-corrected chi connectivity index (χ0v) is 22.2. The molecule has 0 aromatic carbocycles. The van der Waals surface area contributed by atoms with E-state index in [4.69, 9.17) is 21.9 Å². The van der Waals surface area contributed by atoms with E-state index >= 15 is 4.39 Å². The van der Waals surface area contributed by atoms with Crippen LogP contribution in [0.1, 0.15) is 51.4 Å². The van der Waals surface area contributed by atoms with Crippen LogP contribution in [-0.2, 0) is 14.3 Å². The minimum atomic E-state index is -1.44. The van der Waals surface area contributed by atoms with Gasteiger partial charge in [-0.1, -0.05) is 25.7 Å². The number of carbonyl (C=O) groups is 2. The van der Waals surface area contributed by atoms with Gasteiger partial charge in [-0.2, -0.15) is 0 Å². The number of hydrogen-bond acceptors (Lipinski definition) is 8. The van der Waals surface area contributed by atoms with E-state index in [0.717, 1.165) is 25.7 Å². The lowest BCUT2D eigenvalue weighted by Gasteiger charge is -2.62. The Morgan fingerprint density at radius 3 is 2.34 bits per heavy atom. The van der Waals surface area contributed by atoms with Crippen molar-refractivity contribution in [3.05, 3.63) is 11.8 Å². The van der Waals surface area contributed by atoms with Gasteiger partial charge in [0.2, 0.25) is 0 Å². The monoisotopic (exact) mass is 530 g/mol. The molecule has 0 aromatic rings. The maximum Gasteiger partial charge on any atom is 0.259 e. The summed E-state index contributed by atoms with van der Waals surface area (Å²) in [5.74, 6) is -0.174. The second-order valence-corrected chi connectivity index (χ2v) is 13.2. The van der Waals surface area contributed by atoms with E-state index in [-0.39, 0.29) is 47.5 Å². The second-order valence-electron chi connectivity index (χ2n) is 13.2. The zero-order valence-electron chi connectivity index (χ0n) is 22.2. The third kappa shape index (κ3) is 3.89. The van der Waals surface area contributed by atoms with Crippen molar-refractivity contribution in [1.29, 1.82) is 0 Å². The Kier molecular flexibility index (Phi) is 6.35. The number of carbonyl (C=O) groups excluding carboxylic acids is 2. The van der Waals surface area contributed by atoms with E-state index in [1.54, 1.807) is 4.90 Å². The third-order valence-electron chi connectivity index (χ3n) is 11.1. The maximum atomic E-state index is 16.3. The topological polar surface area (TPSA) is 131 Å². The van der Waals surface area contributed by atoms with Gasteiger partial charge in [-0.25, -0.2) is 4.39 Å². The lowest BCUT2D eigenvalue weighted by atomic mass is 9.64. The summed E-state index contributed by atoms with van der Waals surface area (Å²) in [6, 6.07) is -1.92. The van der Waals surface area contributed by atoms with E-state index in [1.807, 2.05) is 6.20 Å².